The molecule has 5 heterocycles. The van der Waals surface area contributed by atoms with Crippen molar-refractivity contribution in [1.82, 2.24) is 19.9 Å². The third kappa shape index (κ3) is 6.50. The van der Waals surface area contributed by atoms with Crippen LogP contribution in [0.4, 0.5) is 11.6 Å². The highest BCUT2D eigenvalue weighted by Gasteiger charge is 2.50. The number of hydrogen-bond acceptors (Lipinski definition) is 7. The van der Waals surface area contributed by atoms with E-state index in [1.807, 2.05) is 12.3 Å². The van der Waals surface area contributed by atoms with Crippen LogP contribution in [0, 0.1) is 16.7 Å². The van der Waals surface area contributed by atoms with Crippen LogP contribution in [-0.2, 0) is 16.8 Å². The van der Waals surface area contributed by atoms with Gasteiger partial charge in [-0.1, -0.05) is 76.1 Å². The van der Waals surface area contributed by atoms with Crippen LogP contribution in [0.1, 0.15) is 82.0 Å². The average molecular weight is 761 g/mol. The predicted molar refractivity (Wildman–Crippen MR) is 230 cm³/mol. The molecule has 2 N–H and O–H groups in total. The molecule has 0 bridgehead atoms. The van der Waals surface area contributed by atoms with Gasteiger partial charge in [0.2, 0.25) is 5.95 Å². The zero-order valence-electron chi connectivity index (χ0n) is 33.5. The van der Waals surface area contributed by atoms with E-state index in [4.69, 9.17) is 14.5 Å². The van der Waals surface area contributed by atoms with Gasteiger partial charge in [0.05, 0.1) is 30.4 Å². The molecule has 2 aromatic heterocycles. The summed E-state index contributed by atoms with van der Waals surface area (Å²) in [4.78, 5) is 11.5. The van der Waals surface area contributed by atoms with E-state index in [0.717, 1.165) is 96.4 Å². The quantitative estimate of drug-likeness (QED) is 0.160. The fourth-order valence-electron chi connectivity index (χ4n) is 10.7. The molecular formula is C49H56N6O2. The highest BCUT2D eigenvalue weighted by atomic mass is 16.5. The summed E-state index contributed by atoms with van der Waals surface area (Å²) in [6.45, 7) is 23.9. The molecule has 2 unspecified atom stereocenters. The first-order valence-electron chi connectivity index (χ1n) is 21.1. The lowest BCUT2D eigenvalue weighted by Gasteiger charge is -2.54. The lowest BCUT2D eigenvalue weighted by atomic mass is 9.58. The van der Waals surface area contributed by atoms with Crippen molar-refractivity contribution in [2.75, 3.05) is 36.5 Å². The minimum atomic E-state index is 0.115. The number of ether oxygens (including phenoxy) is 2. The molecule has 2 atom stereocenters. The second-order valence-electron chi connectivity index (χ2n) is 18.5. The van der Waals surface area contributed by atoms with Gasteiger partial charge in [-0.05, 0) is 104 Å². The summed E-state index contributed by atoms with van der Waals surface area (Å²) in [6.07, 6.45) is 19.7. The van der Waals surface area contributed by atoms with Gasteiger partial charge >= 0.3 is 0 Å². The maximum atomic E-state index is 6.22. The monoisotopic (exact) mass is 760 g/mol. The third-order valence-corrected chi connectivity index (χ3v) is 14.2. The number of aromatic nitrogens is 3. The van der Waals surface area contributed by atoms with Gasteiger partial charge in [-0.3, -0.25) is 0 Å². The summed E-state index contributed by atoms with van der Waals surface area (Å²) in [7, 11) is 0. The van der Waals surface area contributed by atoms with E-state index in [1.165, 1.54) is 60.7 Å². The van der Waals surface area contributed by atoms with E-state index < -0.39 is 0 Å². The van der Waals surface area contributed by atoms with Crippen molar-refractivity contribution in [3.8, 4) is 5.75 Å². The maximum Gasteiger partial charge on any atom is 0.225 e. The first-order chi connectivity index (χ1) is 27.6. The van der Waals surface area contributed by atoms with Crippen LogP contribution in [0.5, 0.6) is 5.75 Å². The number of nitrogens with zero attached hydrogens (tertiary/aromatic N) is 4. The number of piperidine rings is 1. The molecule has 57 heavy (non-hydrogen) atoms. The molecule has 8 nitrogen and oxygen atoms in total. The Morgan fingerprint density at radius 3 is 2.46 bits per heavy atom. The van der Waals surface area contributed by atoms with Crippen LogP contribution in [0.2, 0.25) is 0 Å². The van der Waals surface area contributed by atoms with Gasteiger partial charge in [0.25, 0.3) is 0 Å². The van der Waals surface area contributed by atoms with Crippen molar-refractivity contribution in [2.45, 2.75) is 88.8 Å². The SMILES string of the molecule is C=C1CCC(n2c(=C)c3ccc(NC4CC(CC5(C)C=CC(C6(c7ccc(OCc8ccnc(N9CC%10(COC%10)C9)n8)cc7)CCC6)=CC5)C4)cc3c2=C)C(=C)N1. The molecular weight excluding hydrogens is 705 g/mol. The molecule has 2 saturated carbocycles. The highest BCUT2D eigenvalue weighted by molar-refractivity contribution is 5.87. The number of benzene rings is 2. The second-order valence-corrected chi connectivity index (χ2v) is 18.5. The first kappa shape index (κ1) is 36.3. The van der Waals surface area contributed by atoms with Crippen LogP contribution in [0.15, 0.2) is 103 Å². The Kier molecular flexibility index (Phi) is 8.78. The van der Waals surface area contributed by atoms with Crippen molar-refractivity contribution in [3.05, 3.63) is 125 Å². The van der Waals surface area contributed by atoms with Crippen LogP contribution >= 0.6 is 0 Å². The standard InChI is InChI=1S/C49H56N6O2/c1-32-7-14-45(33(2)51-32)55-34(3)43-13-10-39(25-44(43)35(55)4)52-41-23-36(24-41)26-47(5)20-15-38(16-21-47)49(18-6-19-49)37-8-11-42(12-9-37)57-27-40-17-22-50-46(53-40)54-28-48(29-54)30-56-31-48/h8-13,15-17,20,22,25,36,41,45,51-52H,1-4,6-7,14,18-19,21,23-24,26-31H2,5H3. The van der Waals surface area contributed by atoms with Gasteiger partial charge in [0.15, 0.2) is 0 Å². The largest absolute Gasteiger partial charge is 0.487 e. The molecule has 2 aromatic carbocycles. The number of hydrogen-bond donors (Lipinski definition) is 2. The topological polar surface area (TPSA) is 76.5 Å². The fourth-order valence-corrected chi connectivity index (χ4v) is 10.7. The number of allylic oxidation sites excluding steroid dienone is 6. The average Bonchev–Trinajstić information content (AvgIpc) is 3.38. The zero-order chi connectivity index (χ0) is 38.9. The second kappa shape index (κ2) is 13.8. The van der Waals surface area contributed by atoms with Crippen LogP contribution in [0.3, 0.4) is 0 Å². The Labute approximate surface area is 336 Å². The molecule has 3 aliphatic heterocycles. The first-order valence-corrected chi connectivity index (χ1v) is 21.1. The Bertz CT molecular complexity index is 2410. The van der Waals surface area contributed by atoms with Crippen molar-refractivity contribution in [3.63, 3.8) is 0 Å². The lowest BCUT2D eigenvalue weighted by Crippen LogP contribution is -2.66. The molecule has 3 saturated heterocycles. The summed E-state index contributed by atoms with van der Waals surface area (Å²) in [5.41, 5.74) is 7.62. The van der Waals surface area contributed by atoms with Crippen molar-refractivity contribution >= 4 is 35.6 Å². The Balaban J connectivity index is 0.723. The molecule has 1 spiro atoms. The summed E-state index contributed by atoms with van der Waals surface area (Å²) in [5.74, 6) is 2.40. The summed E-state index contributed by atoms with van der Waals surface area (Å²) in [6, 6.07) is 18.1. The summed E-state index contributed by atoms with van der Waals surface area (Å²) in [5, 5.41) is 11.6. The van der Waals surface area contributed by atoms with Gasteiger partial charge in [-0.25, -0.2) is 9.97 Å². The minimum Gasteiger partial charge on any atom is -0.487 e. The third-order valence-electron chi connectivity index (χ3n) is 14.2. The van der Waals surface area contributed by atoms with E-state index in [0.29, 0.717) is 18.1 Å². The Hall–Kier alpha value is -5.08. The van der Waals surface area contributed by atoms with E-state index in [1.54, 1.807) is 0 Å². The number of anilines is 2. The van der Waals surface area contributed by atoms with Crippen molar-refractivity contribution in [1.29, 1.82) is 0 Å². The van der Waals surface area contributed by atoms with Crippen LogP contribution in [0.25, 0.3) is 23.9 Å². The number of nitrogens with one attached hydrogen (secondary N) is 2. The van der Waals surface area contributed by atoms with Gasteiger partial charge < -0.3 is 29.6 Å². The number of fused-ring (bicyclic) bond motifs is 1. The summed E-state index contributed by atoms with van der Waals surface area (Å²) >= 11 is 0. The van der Waals surface area contributed by atoms with Gasteiger partial charge in [0, 0.05) is 69.3 Å². The molecule has 5 fully saturated rings. The molecule has 6 aliphatic rings. The van der Waals surface area contributed by atoms with Crippen LogP contribution in [-0.4, -0.2) is 46.9 Å². The fraction of sp³-hybridized carbons (Fsp3) is 0.429. The van der Waals surface area contributed by atoms with Crippen LogP contribution < -0.4 is 31.0 Å². The van der Waals surface area contributed by atoms with Gasteiger partial charge in [-0.2, -0.15) is 0 Å². The molecule has 8 heteroatoms. The van der Waals surface area contributed by atoms with Gasteiger partial charge in [0.1, 0.15) is 12.4 Å². The van der Waals surface area contributed by atoms with E-state index >= 15 is 0 Å². The molecule has 3 aliphatic carbocycles. The molecule has 294 valence electrons. The van der Waals surface area contributed by atoms with E-state index in [2.05, 4.69) is 119 Å². The molecule has 4 aromatic rings. The predicted octanol–water partition coefficient (Wildman–Crippen LogP) is 8.21. The Morgan fingerprint density at radius 1 is 0.982 bits per heavy atom. The normalized spacial score (nSPS) is 27.1. The van der Waals surface area contributed by atoms with E-state index in [9.17, 15) is 0 Å². The van der Waals surface area contributed by atoms with E-state index in [-0.39, 0.29) is 16.9 Å². The molecule has 0 amide bonds. The van der Waals surface area contributed by atoms with Gasteiger partial charge in [-0.15, -0.1) is 0 Å². The zero-order valence-corrected chi connectivity index (χ0v) is 33.5. The number of rotatable bonds is 11. The lowest BCUT2D eigenvalue weighted by molar-refractivity contribution is -0.127. The Morgan fingerprint density at radius 2 is 1.77 bits per heavy atom. The smallest absolute Gasteiger partial charge is 0.225 e. The maximum absolute atomic E-state index is 6.22. The summed E-state index contributed by atoms with van der Waals surface area (Å²) < 4.78 is 13.9. The highest BCUT2D eigenvalue weighted by Crippen LogP contribution is 2.53. The molecule has 0 radical (unpaired) electrons. The van der Waals surface area contributed by atoms with Crippen molar-refractivity contribution in [2.24, 2.45) is 16.7 Å². The van der Waals surface area contributed by atoms with Crippen molar-refractivity contribution < 1.29 is 9.47 Å². The minimum absolute atomic E-state index is 0.115. The molecule has 10 rings (SSSR count).